The van der Waals surface area contributed by atoms with E-state index in [1.54, 1.807) is 0 Å². The highest BCUT2D eigenvalue weighted by atomic mass is 16.5. The maximum Gasteiger partial charge on any atom is 0.258 e. The van der Waals surface area contributed by atoms with Crippen LogP contribution in [-0.4, -0.2) is 25.1 Å². The van der Waals surface area contributed by atoms with Crippen molar-refractivity contribution in [2.75, 3.05) is 13.2 Å². The Hall–Kier alpha value is -1.55. The van der Waals surface area contributed by atoms with Gasteiger partial charge in [-0.1, -0.05) is 18.2 Å². The van der Waals surface area contributed by atoms with Crippen molar-refractivity contribution in [1.82, 2.24) is 5.32 Å². The Bertz CT molecular complexity index is 428. The largest absolute Gasteiger partial charge is 0.483 e. The van der Waals surface area contributed by atoms with Crippen LogP contribution in [0.5, 0.6) is 5.75 Å². The van der Waals surface area contributed by atoms with Crippen LogP contribution >= 0.6 is 0 Å². The van der Waals surface area contributed by atoms with E-state index in [1.807, 2.05) is 25.1 Å². The molecule has 1 amide bonds. The Balaban J connectivity index is 1.95. The fourth-order valence-corrected chi connectivity index (χ4v) is 1.91. The highest BCUT2D eigenvalue weighted by Crippen LogP contribution is 2.24. The predicted molar refractivity (Wildman–Crippen MR) is 70.6 cm³/mol. The molecular weight excluding hydrogens is 228 g/mol. The molecule has 0 bridgehead atoms. The number of aryl methyl sites for hydroxylation is 1. The molecule has 1 aromatic rings. The van der Waals surface area contributed by atoms with Crippen LogP contribution in [0.4, 0.5) is 0 Å². The summed E-state index contributed by atoms with van der Waals surface area (Å²) in [5.41, 5.74) is 7.68. The molecule has 0 radical (unpaired) electrons. The SMILES string of the molecule is Cc1cccc(CCN)c1OCC(=O)NC1CC1. The molecule has 18 heavy (non-hydrogen) atoms. The lowest BCUT2D eigenvalue weighted by Gasteiger charge is -2.13. The van der Waals surface area contributed by atoms with Gasteiger partial charge in [-0.05, 0) is 43.9 Å². The Morgan fingerprint density at radius 1 is 1.50 bits per heavy atom. The van der Waals surface area contributed by atoms with E-state index in [4.69, 9.17) is 10.5 Å². The van der Waals surface area contributed by atoms with Gasteiger partial charge in [0.15, 0.2) is 6.61 Å². The topological polar surface area (TPSA) is 64.3 Å². The zero-order chi connectivity index (χ0) is 13.0. The van der Waals surface area contributed by atoms with Crippen molar-refractivity contribution in [2.24, 2.45) is 5.73 Å². The minimum atomic E-state index is -0.0422. The molecule has 2 rings (SSSR count). The number of hydrogen-bond acceptors (Lipinski definition) is 3. The summed E-state index contributed by atoms with van der Waals surface area (Å²) in [5, 5.41) is 2.91. The van der Waals surface area contributed by atoms with E-state index in [0.29, 0.717) is 12.6 Å². The second kappa shape index (κ2) is 5.87. The number of ether oxygens (including phenoxy) is 1. The van der Waals surface area contributed by atoms with Crippen molar-refractivity contribution in [2.45, 2.75) is 32.2 Å². The van der Waals surface area contributed by atoms with Crippen molar-refractivity contribution in [1.29, 1.82) is 0 Å². The molecule has 98 valence electrons. The van der Waals surface area contributed by atoms with Gasteiger partial charge in [0.25, 0.3) is 5.91 Å². The van der Waals surface area contributed by atoms with Crippen LogP contribution in [0.15, 0.2) is 18.2 Å². The zero-order valence-electron chi connectivity index (χ0n) is 10.7. The normalized spacial score (nSPS) is 14.3. The Morgan fingerprint density at radius 3 is 2.94 bits per heavy atom. The van der Waals surface area contributed by atoms with Crippen LogP contribution in [0, 0.1) is 6.92 Å². The van der Waals surface area contributed by atoms with E-state index in [1.165, 1.54) is 0 Å². The second-order valence-corrected chi connectivity index (χ2v) is 4.73. The van der Waals surface area contributed by atoms with Crippen LogP contribution in [0.3, 0.4) is 0 Å². The summed E-state index contributed by atoms with van der Waals surface area (Å²) in [4.78, 5) is 11.6. The van der Waals surface area contributed by atoms with E-state index in [-0.39, 0.29) is 12.5 Å². The summed E-state index contributed by atoms with van der Waals surface area (Å²) in [6.07, 6.45) is 2.95. The number of amides is 1. The molecule has 0 aromatic heterocycles. The molecule has 0 unspecified atom stereocenters. The van der Waals surface area contributed by atoms with Gasteiger partial charge in [0.05, 0.1) is 0 Å². The van der Waals surface area contributed by atoms with Gasteiger partial charge in [0.1, 0.15) is 5.75 Å². The molecule has 0 atom stereocenters. The molecule has 0 heterocycles. The number of carbonyl (C=O) groups excluding carboxylic acids is 1. The first kappa shape index (κ1) is 12.9. The van der Waals surface area contributed by atoms with Crippen LogP contribution in [0.1, 0.15) is 24.0 Å². The number of nitrogens with two attached hydrogens (primary N) is 1. The van der Waals surface area contributed by atoms with Crippen LogP contribution < -0.4 is 15.8 Å². The van der Waals surface area contributed by atoms with E-state index in [0.717, 1.165) is 36.1 Å². The maximum atomic E-state index is 11.6. The predicted octanol–water partition coefficient (Wildman–Crippen LogP) is 1.15. The lowest BCUT2D eigenvalue weighted by Crippen LogP contribution is -2.30. The van der Waals surface area contributed by atoms with E-state index in [9.17, 15) is 4.79 Å². The number of para-hydroxylation sites is 1. The molecule has 1 aromatic carbocycles. The third-order valence-electron chi connectivity index (χ3n) is 3.00. The van der Waals surface area contributed by atoms with Gasteiger partial charge in [-0.2, -0.15) is 0 Å². The first-order chi connectivity index (χ1) is 8.70. The highest BCUT2D eigenvalue weighted by Gasteiger charge is 2.23. The molecule has 4 nitrogen and oxygen atoms in total. The van der Waals surface area contributed by atoms with Gasteiger partial charge in [0, 0.05) is 6.04 Å². The third-order valence-corrected chi connectivity index (χ3v) is 3.00. The van der Waals surface area contributed by atoms with Crippen molar-refractivity contribution in [3.8, 4) is 5.75 Å². The molecule has 0 saturated heterocycles. The standard InChI is InChI=1S/C14H20N2O2/c1-10-3-2-4-11(7-8-15)14(10)18-9-13(17)16-12-5-6-12/h2-4,12H,5-9,15H2,1H3,(H,16,17). The second-order valence-electron chi connectivity index (χ2n) is 4.73. The fourth-order valence-electron chi connectivity index (χ4n) is 1.91. The fraction of sp³-hybridized carbons (Fsp3) is 0.500. The van der Waals surface area contributed by atoms with Crippen molar-refractivity contribution >= 4 is 5.91 Å². The monoisotopic (exact) mass is 248 g/mol. The van der Waals surface area contributed by atoms with Crippen LogP contribution in [0.2, 0.25) is 0 Å². The first-order valence-corrected chi connectivity index (χ1v) is 6.41. The molecule has 1 saturated carbocycles. The number of carbonyl (C=O) groups is 1. The summed E-state index contributed by atoms with van der Waals surface area (Å²) >= 11 is 0. The summed E-state index contributed by atoms with van der Waals surface area (Å²) in [5.74, 6) is 0.758. The number of nitrogens with one attached hydrogen (secondary N) is 1. The molecule has 4 heteroatoms. The summed E-state index contributed by atoms with van der Waals surface area (Å²) in [6, 6.07) is 6.33. The lowest BCUT2D eigenvalue weighted by atomic mass is 10.1. The van der Waals surface area contributed by atoms with Gasteiger partial charge >= 0.3 is 0 Å². The summed E-state index contributed by atoms with van der Waals surface area (Å²) < 4.78 is 5.64. The number of rotatable bonds is 6. The summed E-state index contributed by atoms with van der Waals surface area (Å²) in [6.45, 7) is 2.64. The maximum absolute atomic E-state index is 11.6. The minimum absolute atomic E-state index is 0.0422. The quantitative estimate of drug-likeness (QED) is 0.794. The summed E-state index contributed by atoms with van der Waals surface area (Å²) in [7, 11) is 0. The molecule has 1 aliphatic carbocycles. The minimum Gasteiger partial charge on any atom is -0.483 e. The van der Waals surface area contributed by atoms with E-state index >= 15 is 0 Å². The molecule has 0 aliphatic heterocycles. The smallest absolute Gasteiger partial charge is 0.258 e. The molecule has 1 fully saturated rings. The molecular formula is C14H20N2O2. The number of hydrogen-bond donors (Lipinski definition) is 2. The Kier molecular flexibility index (Phi) is 4.20. The number of benzene rings is 1. The first-order valence-electron chi connectivity index (χ1n) is 6.41. The zero-order valence-corrected chi connectivity index (χ0v) is 10.7. The average Bonchev–Trinajstić information content (AvgIpc) is 3.12. The Morgan fingerprint density at radius 2 is 2.28 bits per heavy atom. The Labute approximate surface area is 108 Å². The van der Waals surface area contributed by atoms with E-state index < -0.39 is 0 Å². The van der Waals surface area contributed by atoms with Gasteiger partial charge in [-0.15, -0.1) is 0 Å². The van der Waals surface area contributed by atoms with Crippen LogP contribution in [0.25, 0.3) is 0 Å². The molecule has 0 spiro atoms. The average molecular weight is 248 g/mol. The van der Waals surface area contributed by atoms with Crippen molar-refractivity contribution < 1.29 is 9.53 Å². The van der Waals surface area contributed by atoms with E-state index in [2.05, 4.69) is 5.32 Å². The van der Waals surface area contributed by atoms with Gasteiger partial charge in [0.2, 0.25) is 0 Å². The third kappa shape index (κ3) is 3.47. The lowest BCUT2D eigenvalue weighted by molar-refractivity contribution is -0.123. The molecule has 1 aliphatic rings. The highest BCUT2D eigenvalue weighted by molar-refractivity contribution is 5.78. The van der Waals surface area contributed by atoms with Gasteiger partial charge in [-0.3, -0.25) is 4.79 Å². The van der Waals surface area contributed by atoms with Gasteiger partial charge < -0.3 is 15.8 Å². The van der Waals surface area contributed by atoms with Crippen molar-refractivity contribution in [3.63, 3.8) is 0 Å². The molecule has 3 N–H and O–H groups in total. The van der Waals surface area contributed by atoms with Crippen LogP contribution in [-0.2, 0) is 11.2 Å². The van der Waals surface area contributed by atoms with Crippen molar-refractivity contribution in [3.05, 3.63) is 29.3 Å². The van der Waals surface area contributed by atoms with Gasteiger partial charge in [-0.25, -0.2) is 0 Å².